The van der Waals surface area contributed by atoms with E-state index >= 15 is 0 Å². The van der Waals surface area contributed by atoms with Crippen LogP contribution in [0.3, 0.4) is 0 Å². The van der Waals surface area contributed by atoms with Crippen LogP contribution in [-0.2, 0) is 14.3 Å². The molecule has 1 N–H and O–H groups in total. The number of aromatic nitrogens is 3. The topological polar surface area (TPSA) is 113 Å². The van der Waals surface area contributed by atoms with Gasteiger partial charge in [0.15, 0.2) is 6.61 Å². The molecule has 0 spiro atoms. The van der Waals surface area contributed by atoms with Gasteiger partial charge in [-0.15, -0.1) is 0 Å². The molecule has 1 saturated heterocycles. The number of carbonyl (C=O) groups excluding carboxylic acids is 2. The molecule has 0 atom stereocenters. The zero-order valence-electron chi connectivity index (χ0n) is 19.2. The third-order valence-corrected chi connectivity index (χ3v) is 6.83. The van der Waals surface area contributed by atoms with E-state index < -0.39 is 5.91 Å². The highest BCUT2D eigenvalue weighted by atomic mass is 16.5. The van der Waals surface area contributed by atoms with Gasteiger partial charge in [0.1, 0.15) is 11.9 Å². The van der Waals surface area contributed by atoms with Crippen molar-refractivity contribution in [1.82, 2.24) is 14.5 Å². The molecule has 1 amide bonds. The summed E-state index contributed by atoms with van der Waals surface area (Å²) >= 11 is 0. The van der Waals surface area contributed by atoms with Crippen LogP contribution in [0.4, 0.5) is 11.8 Å². The fourth-order valence-electron chi connectivity index (χ4n) is 4.90. The molecule has 9 heteroatoms. The number of piperidine rings is 1. The molecule has 2 aromatic heterocycles. The molecule has 1 saturated carbocycles. The van der Waals surface area contributed by atoms with Crippen LogP contribution in [0.2, 0.25) is 0 Å². The van der Waals surface area contributed by atoms with Crippen molar-refractivity contribution in [2.45, 2.75) is 58.4 Å². The van der Waals surface area contributed by atoms with Crippen molar-refractivity contribution in [2.75, 3.05) is 29.9 Å². The summed E-state index contributed by atoms with van der Waals surface area (Å²) in [5, 5.41) is 12.5. The number of rotatable bonds is 6. The lowest BCUT2D eigenvalue weighted by Gasteiger charge is -2.30. The average Bonchev–Trinajstić information content (AvgIpc) is 3.45. The van der Waals surface area contributed by atoms with Crippen molar-refractivity contribution < 1.29 is 14.3 Å². The lowest BCUT2D eigenvalue weighted by Crippen LogP contribution is -2.38. The molecule has 0 unspecified atom stereocenters. The molecule has 9 nitrogen and oxygen atoms in total. The second-order valence-corrected chi connectivity index (χ2v) is 8.82. The van der Waals surface area contributed by atoms with E-state index in [4.69, 9.17) is 4.74 Å². The molecule has 0 bridgehead atoms. The Kier molecular flexibility index (Phi) is 6.92. The van der Waals surface area contributed by atoms with Crippen LogP contribution in [-0.4, -0.2) is 46.1 Å². The Morgan fingerprint density at radius 2 is 1.82 bits per heavy atom. The summed E-state index contributed by atoms with van der Waals surface area (Å²) in [5.41, 5.74) is 2.36. The number of anilines is 2. The van der Waals surface area contributed by atoms with E-state index in [1.807, 2.05) is 18.7 Å². The monoisotopic (exact) mass is 450 g/mol. The van der Waals surface area contributed by atoms with Crippen molar-refractivity contribution in [3.05, 3.63) is 35.3 Å². The van der Waals surface area contributed by atoms with Crippen LogP contribution in [0.25, 0.3) is 0 Å². The third-order valence-electron chi connectivity index (χ3n) is 6.83. The first-order valence-corrected chi connectivity index (χ1v) is 11.6. The highest BCUT2D eigenvalue weighted by Gasteiger charge is 2.29. The van der Waals surface area contributed by atoms with Crippen LogP contribution in [0.15, 0.2) is 18.5 Å². The van der Waals surface area contributed by atoms with Gasteiger partial charge < -0.3 is 19.5 Å². The Morgan fingerprint density at radius 3 is 2.45 bits per heavy atom. The van der Waals surface area contributed by atoms with Crippen LogP contribution in [0, 0.1) is 31.1 Å². The minimum Gasteiger partial charge on any atom is -0.455 e. The first-order valence-electron chi connectivity index (χ1n) is 11.6. The largest absolute Gasteiger partial charge is 0.455 e. The van der Waals surface area contributed by atoms with Gasteiger partial charge in [-0.05, 0) is 51.2 Å². The standard InChI is InChI=1S/C24H30N6O3/c1-16-17(2)30(19-6-3-4-7-19)22(20(16)14-25)28-21(31)15-33-23(32)18-8-12-29(13-9-18)24-26-10-5-11-27-24/h5,10-11,18-19H,3-4,6-9,12-13,15H2,1-2H3,(H,28,31). The first-order chi connectivity index (χ1) is 16.0. The van der Waals surface area contributed by atoms with Crippen molar-refractivity contribution >= 4 is 23.6 Å². The molecule has 33 heavy (non-hydrogen) atoms. The summed E-state index contributed by atoms with van der Waals surface area (Å²) < 4.78 is 7.42. The molecular formula is C24H30N6O3. The van der Waals surface area contributed by atoms with E-state index in [1.54, 1.807) is 18.5 Å². The van der Waals surface area contributed by atoms with Gasteiger partial charge in [0, 0.05) is 37.2 Å². The number of ether oxygens (including phenoxy) is 1. The van der Waals surface area contributed by atoms with E-state index in [-0.39, 0.29) is 24.5 Å². The van der Waals surface area contributed by atoms with E-state index in [9.17, 15) is 14.9 Å². The Labute approximate surface area is 193 Å². The second kappa shape index (κ2) is 10.0. The summed E-state index contributed by atoms with van der Waals surface area (Å²) in [6, 6.07) is 4.28. The number of hydrogen-bond acceptors (Lipinski definition) is 7. The number of esters is 1. The van der Waals surface area contributed by atoms with Gasteiger partial charge in [-0.1, -0.05) is 12.8 Å². The number of hydrogen-bond donors (Lipinski definition) is 1. The summed E-state index contributed by atoms with van der Waals surface area (Å²) in [6.45, 7) is 4.85. The molecule has 2 aromatic rings. The normalized spacial score (nSPS) is 17.1. The molecule has 174 valence electrons. The summed E-state index contributed by atoms with van der Waals surface area (Å²) in [6.07, 6.45) is 9.00. The molecule has 2 aliphatic rings. The molecular weight excluding hydrogens is 420 g/mol. The van der Waals surface area contributed by atoms with Crippen molar-refractivity contribution in [3.8, 4) is 6.07 Å². The van der Waals surface area contributed by atoms with Gasteiger partial charge in [-0.25, -0.2) is 9.97 Å². The van der Waals surface area contributed by atoms with Gasteiger partial charge >= 0.3 is 5.97 Å². The third kappa shape index (κ3) is 4.85. The predicted molar refractivity (Wildman–Crippen MR) is 123 cm³/mol. The fourth-order valence-corrected chi connectivity index (χ4v) is 4.90. The van der Waals surface area contributed by atoms with Crippen LogP contribution in [0.5, 0.6) is 0 Å². The van der Waals surface area contributed by atoms with E-state index in [0.717, 1.165) is 36.9 Å². The van der Waals surface area contributed by atoms with Gasteiger partial charge in [0.2, 0.25) is 5.95 Å². The fraction of sp³-hybridized carbons (Fsp3) is 0.542. The number of nitrogens with one attached hydrogen (secondary N) is 1. The van der Waals surface area contributed by atoms with Crippen LogP contribution in [0.1, 0.15) is 61.4 Å². The number of nitriles is 1. The number of nitrogens with zero attached hydrogens (tertiary/aromatic N) is 5. The first kappa shape index (κ1) is 22.8. The zero-order valence-corrected chi connectivity index (χ0v) is 19.2. The summed E-state index contributed by atoms with van der Waals surface area (Å²) in [4.78, 5) is 35.7. The SMILES string of the molecule is Cc1c(C#N)c(NC(=O)COC(=O)C2CCN(c3ncccn3)CC2)n(C2CCCC2)c1C. The molecule has 1 aliphatic heterocycles. The van der Waals surface area contributed by atoms with E-state index in [2.05, 4.69) is 25.9 Å². The number of amides is 1. The maximum Gasteiger partial charge on any atom is 0.309 e. The zero-order chi connectivity index (χ0) is 23.4. The Hall–Kier alpha value is -3.41. The molecule has 0 aromatic carbocycles. The van der Waals surface area contributed by atoms with E-state index in [1.165, 1.54) is 0 Å². The lowest BCUT2D eigenvalue weighted by molar-refractivity contribution is -0.152. The van der Waals surface area contributed by atoms with Crippen LogP contribution < -0.4 is 10.2 Å². The summed E-state index contributed by atoms with van der Waals surface area (Å²) in [7, 11) is 0. The van der Waals surface area contributed by atoms with Crippen LogP contribution >= 0.6 is 0 Å². The van der Waals surface area contributed by atoms with Crippen molar-refractivity contribution in [3.63, 3.8) is 0 Å². The van der Waals surface area contributed by atoms with Gasteiger partial charge in [0.05, 0.1) is 11.5 Å². The Morgan fingerprint density at radius 1 is 1.15 bits per heavy atom. The van der Waals surface area contributed by atoms with Gasteiger partial charge in [-0.2, -0.15) is 5.26 Å². The minimum atomic E-state index is -0.424. The Bertz CT molecular complexity index is 1040. The van der Waals surface area contributed by atoms with Gasteiger partial charge in [0.25, 0.3) is 5.91 Å². The van der Waals surface area contributed by atoms with Crippen molar-refractivity contribution in [1.29, 1.82) is 5.26 Å². The van der Waals surface area contributed by atoms with Crippen molar-refractivity contribution in [2.24, 2.45) is 5.92 Å². The molecule has 3 heterocycles. The quantitative estimate of drug-likeness (QED) is 0.672. The summed E-state index contributed by atoms with van der Waals surface area (Å²) in [5.74, 6) is 0.147. The lowest BCUT2D eigenvalue weighted by atomic mass is 9.97. The maximum absolute atomic E-state index is 12.7. The molecule has 2 fully saturated rings. The molecule has 4 rings (SSSR count). The van der Waals surface area contributed by atoms with E-state index in [0.29, 0.717) is 43.3 Å². The predicted octanol–water partition coefficient (Wildman–Crippen LogP) is 3.28. The Balaban J connectivity index is 1.33. The second-order valence-electron chi connectivity index (χ2n) is 8.82. The minimum absolute atomic E-state index is 0.251. The molecule has 1 aliphatic carbocycles. The smallest absolute Gasteiger partial charge is 0.309 e. The average molecular weight is 451 g/mol. The highest BCUT2D eigenvalue weighted by molar-refractivity contribution is 5.94. The maximum atomic E-state index is 12.7. The highest BCUT2D eigenvalue weighted by Crippen LogP contribution is 2.37. The van der Waals surface area contributed by atoms with Gasteiger partial charge in [-0.3, -0.25) is 9.59 Å². The number of carbonyl (C=O) groups is 2. The molecule has 0 radical (unpaired) electrons.